The predicted molar refractivity (Wildman–Crippen MR) is 101 cm³/mol. The fourth-order valence-corrected chi connectivity index (χ4v) is 3.28. The molecule has 0 atom stereocenters. The second kappa shape index (κ2) is 8.06. The fraction of sp³-hybridized carbons (Fsp3) is 0.316. The predicted octanol–water partition coefficient (Wildman–Crippen LogP) is 4.88. The zero-order chi connectivity index (χ0) is 18.7. The van der Waals surface area contributed by atoms with Crippen LogP contribution in [0.25, 0.3) is 0 Å². The molecule has 0 bridgehead atoms. The van der Waals surface area contributed by atoms with Gasteiger partial charge in [-0.3, -0.25) is 14.9 Å². The maximum Gasteiger partial charge on any atom is 0.269 e. The smallest absolute Gasteiger partial charge is 0.269 e. The summed E-state index contributed by atoms with van der Waals surface area (Å²) in [5.41, 5.74) is 1.85. The normalized spacial score (nSPS) is 13.5. The van der Waals surface area contributed by atoms with Gasteiger partial charge in [0.25, 0.3) is 5.69 Å². The third kappa shape index (κ3) is 4.74. The van der Waals surface area contributed by atoms with E-state index >= 15 is 0 Å². The number of hydrogen-bond acceptors (Lipinski definition) is 3. The van der Waals surface area contributed by atoms with Gasteiger partial charge in [-0.25, -0.2) is 0 Å². The van der Waals surface area contributed by atoms with E-state index in [1.807, 2.05) is 11.0 Å². The van der Waals surface area contributed by atoms with E-state index in [1.165, 1.54) is 12.1 Å². The van der Waals surface area contributed by atoms with Gasteiger partial charge >= 0.3 is 0 Å². The Hall–Kier alpha value is -2.11. The Balaban J connectivity index is 1.70. The van der Waals surface area contributed by atoms with Gasteiger partial charge in [-0.05, 0) is 42.5 Å². The topological polar surface area (TPSA) is 63.5 Å². The summed E-state index contributed by atoms with van der Waals surface area (Å²) in [6, 6.07) is 11.7. The molecule has 3 rings (SSSR count). The average molecular weight is 393 g/mol. The molecule has 1 amide bonds. The largest absolute Gasteiger partial charge is 0.338 e. The van der Waals surface area contributed by atoms with Crippen LogP contribution in [0.1, 0.15) is 24.0 Å². The molecule has 1 fully saturated rings. The maximum absolute atomic E-state index is 12.6. The Kier molecular flexibility index (Phi) is 5.79. The van der Waals surface area contributed by atoms with Crippen LogP contribution in [0.2, 0.25) is 10.0 Å². The summed E-state index contributed by atoms with van der Waals surface area (Å²) < 4.78 is 0. The minimum absolute atomic E-state index is 0.0433. The second-order valence-corrected chi connectivity index (χ2v) is 7.29. The van der Waals surface area contributed by atoms with Gasteiger partial charge in [-0.1, -0.05) is 41.4 Å². The highest BCUT2D eigenvalue weighted by molar-refractivity contribution is 6.35. The van der Waals surface area contributed by atoms with Gasteiger partial charge in [0.05, 0.1) is 4.92 Å². The van der Waals surface area contributed by atoms with Crippen molar-refractivity contribution in [2.24, 2.45) is 5.92 Å². The Morgan fingerprint density at radius 3 is 2.42 bits per heavy atom. The minimum Gasteiger partial charge on any atom is -0.338 e. The number of nitrogens with zero attached hydrogens (tertiary/aromatic N) is 2. The van der Waals surface area contributed by atoms with E-state index in [0.717, 1.165) is 24.0 Å². The van der Waals surface area contributed by atoms with Crippen LogP contribution >= 0.6 is 23.2 Å². The Labute approximate surface area is 161 Å². The van der Waals surface area contributed by atoms with Gasteiger partial charge in [-0.15, -0.1) is 0 Å². The number of benzene rings is 2. The maximum atomic E-state index is 12.6. The van der Waals surface area contributed by atoms with E-state index in [4.69, 9.17) is 23.2 Å². The summed E-state index contributed by atoms with van der Waals surface area (Å²) in [6.45, 7) is 0.964. The molecule has 0 N–H and O–H groups in total. The third-order valence-corrected chi connectivity index (χ3v) is 5.01. The Morgan fingerprint density at radius 2 is 1.85 bits per heavy atom. The summed E-state index contributed by atoms with van der Waals surface area (Å²) in [5, 5.41) is 11.9. The van der Waals surface area contributed by atoms with Crippen molar-refractivity contribution < 1.29 is 9.72 Å². The van der Waals surface area contributed by atoms with Crippen LogP contribution < -0.4 is 0 Å². The van der Waals surface area contributed by atoms with Crippen molar-refractivity contribution in [2.45, 2.75) is 25.8 Å². The van der Waals surface area contributed by atoms with Gasteiger partial charge in [-0.2, -0.15) is 0 Å². The molecule has 2 aromatic rings. The molecule has 0 aromatic heterocycles. The van der Waals surface area contributed by atoms with E-state index in [1.54, 1.807) is 24.3 Å². The molecule has 0 spiro atoms. The number of hydrogen-bond donors (Lipinski definition) is 0. The first-order chi connectivity index (χ1) is 12.4. The molecule has 1 aliphatic rings. The summed E-state index contributed by atoms with van der Waals surface area (Å²) in [5.74, 6) is 0.238. The van der Waals surface area contributed by atoms with Crippen LogP contribution in [0.15, 0.2) is 42.5 Å². The number of rotatable bonds is 7. The van der Waals surface area contributed by atoms with Crippen LogP contribution in [0.4, 0.5) is 5.69 Å². The first kappa shape index (κ1) is 18.7. The van der Waals surface area contributed by atoms with E-state index in [0.29, 0.717) is 29.6 Å². The fourth-order valence-electron chi connectivity index (χ4n) is 2.78. The molecule has 7 heteroatoms. The molecule has 5 nitrogen and oxygen atoms in total. The van der Waals surface area contributed by atoms with Crippen LogP contribution in [0, 0.1) is 16.0 Å². The summed E-state index contributed by atoms with van der Waals surface area (Å²) in [6.07, 6.45) is 2.48. The minimum atomic E-state index is -0.431. The molecule has 0 radical (unpaired) electrons. The Bertz CT molecular complexity index is 820. The van der Waals surface area contributed by atoms with Gasteiger partial charge in [0.2, 0.25) is 5.91 Å². The highest BCUT2D eigenvalue weighted by atomic mass is 35.5. The molecule has 0 aliphatic heterocycles. The summed E-state index contributed by atoms with van der Waals surface area (Å²) in [7, 11) is 0. The quantitative estimate of drug-likeness (QED) is 0.497. The lowest BCUT2D eigenvalue weighted by atomic mass is 10.1. The molecule has 0 unspecified atom stereocenters. The standard InChI is InChI=1S/C19H18Cl2N2O3/c20-16-6-5-14(18(21)11-16)9-10-22(19(24)15-3-4-15)12-13-1-7-17(8-2-13)23(25)26/h1-2,5-8,11,15H,3-4,9-10,12H2. The average Bonchev–Trinajstić information content (AvgIpc) is 3.44. The van der Waals surface area contributed by atoms with Crippen molar-refractivity contribution in [3.63, 3.8) is 0 Å². The summed E-state index contributed by atoms with van der Waals surface area (Å²) >= 11 is 12.1. The molecule has 2 aromatic carbocycles. The molecule has 1 saturated carbocycles. The van der Waals surface area contributed by atoms with Gasteiger partial charge in [0.15, 0.2) is 0 Å². The molecular formula is C19H18Cl2N2O3. The number of halogens is 2. The molecule has 26 heavy (non-hydrogen) atoms. The number of nitro benzene ring substituents is 1. The van der Waals surface area contributed by atoms with Gasteiger partial charge in [0.1, 0.15) is 0 Å². The highest BCUT2D eigenvalue weighted by Crippen LogP contribution is 2.32. The number of nitro groups is 1. The molecular weight excluding hydrogens is 375 g/mol. The molecule has 136 valence electrons. The first-order valence-electron chi connectivity index (χ1n) is 8.40. The molecule has 1 aliphatic carbocycles. The van der Waals surface area contributed by atoms with Crippen LogP contribution in [-0.2, 0) is 17.8 Å². The van der Waals surface area contributed by atoms with Crippen molar-refractivity contribution in [3.8, 4) is 0 Å². The van der Waals surface area contributed by atoms with Crippen molar-refractivity contribution in [2.75, 3.05) is 6.54 Å². The zero-order valence-corrected chi connectivity index (χ0v) is 15.5. The molecule has 0 saturated heterocycles. The summed E-state index contributed by atoms with van der Waals surface area (Å²) in [4.78, 5) is 24.8. The lowest BCUT2D eigenvalue weighted by Crippen LogP contribution is -2.33. The van der Waals surface area contributed by atoms with Crippen molar-refractivity contribution in [1.29, 1.82) is 0 Å². The molecule has 0 heterocycles. The van der Waals surface area contributed by atoms with Crippen LogP contribution in [0.3, 0.4) is 0 Å². The van der Waals surface area contributed by atoms with Crippen LogP contribution in [-0.4, -0.2) is 22.3 Å². The SMILES string of the molecule is O=C(C1CC1)N(CCc1ccc(Cl)cc1Cl)Cc1ccc([N+](=O)[O-])cc1. The van der Waals surface area contributed by atoms with Crippen LogP contribution in [0.5, 0.6) is 0 Å². The Morgan fingerprint density at radius 1 is 1.15 bits per heavy atom. The monoisotopic (exact) mass is 392 g/mol. The second-order valence-electron chi connectivity index (χ2n) is 6.44. The van der Waals surface area contributed by atoms with Crippen molar-refractivity contribution in [3.05, 3.63) is 73.8 Å². The van der Waals surface area contributed by atoms with E-state index in [2.05, 4.69) is 0 Å². The van der Waals surface area contributed by atoms with Gasteiger partial charge in [0, 0.05) is 41.2 Å². The zero-order valence-electron chi connectivity index (χ0n) is 14.0. The third-order valence-electron chi connectivity index (χ3n) is 4.43. The first-order valence-corrected chi connectivity index (χ1v) is 9.15. The van der Waals surface area contributed by atoms with E-state index in [-0.39, 0.29) is 17.5 Å². The van der Waals surface area contributed by atoms with Crippen molar-refractivity contribution in [1.82, 2.24) is 4.90 Å². The number of amides is 1. The van der Waals surface area contributed by atoms with Crippen molar-refractivity contribution >= 4 is 34.8 Å². The van der Waals surface area contributed by atoms with E-state index in [9.17, 15) is 14.9 Å². The lowest BCUT2D eigenvalue weighted by Gasteiger charge is -2.23. The number of carbonyl (C=O) groups is 1. The number of non-ortho nitro benzene ring substituents is 1. The van der Waals surface area contributed by atoms with E-state index < -0.39 is 4.92 Å². The number of carbonyl (C=O) groups excluding carboxylic acids is 1. The van der Waals surface area contributed by atoms with Gasteiger partial charge < -0.3 is 4.90 Å². The lowest BCUT2D eigenvalue weighted by molar-refractivity contribution is -0.384. The highest BCUT2D eigenvalue weighted by Gasteiger charge is 2.33.